The van der Waals surface area contributed by atoms with Gasteiger partial charge in [-0.05, 0) is 24.0 Å². The van der Waals surface area contributed by atoms with Gasteiger partial charge in [-0.15, -0.1) is 0 Å². The van der Waals surface area contributed by atoms with Crippen LogP contribution in [-0.4, -0.2) is 27.3 Å². The lowest BCUT2D eigenvalue weighted by molar-refractivity contribution is -0.119. The van der Waals surface area contributed by atoms with Gasteiger partial charge in [-0.2, -0.15) is 0 Å². The first-order valence-corrected chi connectivity index (χ1v) is 7.67. The number of rotatable bonds is 4. The predicted octanol–water partition coefficient (Wildman–Crippen LogP) is 1.80. The van der Waals surface area contributed by atoms with Crippen molar-refractivity contribution >= 4 is 17.7 Å². The van der Waals surface area contributed by atoms with Gasteiger partial charge >= 0.3 is 0 Å². The smallest absolute Gasteiger partial charge is 0.230 e. The lowest BCUT2D eigenvalue weighted by atomic mass is 10.1. The fourth-order valence-electron chi connectivity index (χ4n) is 2.55. The van der Waals surface area contributed by atoms with E-state index in [2.05, 4.69) is 34.6 Å². The number of hydrogen-bond donors (Lipinski definition) is 1. The van der Waals surface area contributed by atoms with Crippen LogP contribution < -0.4 is 5.32 Å². The van der Waals surface area contributed by atoms with Crippen LogP contribution in [0.25, 0.3) is 0 Å². The molecule has 1 aromatic heterocycles. The number of carbonyl (C=O) groups is 1. The number of imidazole rings is 1. The van der Waals surface area contributed by atoms with E-state index >= 15 is 0 Å². The topological polar surface area (TPSA) is 46.9 Å². The molecule has 2 aromatic rings. The summed E-state index contributed by atoms with van der Waals surface area (Å²) in [4.78, 5) is 16.2. The van der Waals surface area contributed by atoms with Crippen LogP contribution in [0, 0.1) is 0 Å². The summed E-state index contributed by atoms with van der Waals surface area (Å²) in [6, 6.07) is 8.63. The highest BCUT2D eigenvalue weighted by Gasteiger charge is 2.22. The number of hydrogen-bond acceptors (Lipinski definition) is 3. The van der Waals surface area contributed by atoms with Crippen LogP contribution in [0.4, 0.5) is 0 Å². The van der Waals surface area contributed by atoms with Crippen LogP contribution in [0.15, 0.2) is 41.8 Å². The lowest BCUT2D eigenvalue weighted by Gasteiger charge is -2.11. The van der Waals surface area contributed by atoms with Gasteiger partial charge in [-0.3, -0.25) is 4.79 Å². The fraction of sp³-hybridized carbons (Fsp3) is 0.333. The van der Waals surface area contributed by atoms with Gasteiger partial charge in [-0.1, -0.05) is 36.0 Å². The Bertz CT molecular complexity index is 598. The van der Waals surface area contributed by atoms with Gasteiger partial charge in [0.1, 0.15) is 0 Å². The molecule has 20 heavy (non-hydrogen) atoms. The van der Waals surface area contributed by atoms with Crippen molar-refractivity contribution in [1.29, 1.82) is 0 Å². The third-order valence-corrected chi connectivity index (χ3v) is 4.58. The molecule has 4 nitrogen and oxygen atoms in total. The maximum atomic E-state index is 12.0. The first-order chi connectivity index (χ1) is 9.72. The molecule has 0 spiro atoms. The SMILES string of the molecule is Cn1ccnc1SCC(=O)NC1Cc2ccccc2C1. The maximum absolute atomic E-state index is 12.0. The van der Waals surface area contributed by atoms with Crippen molar-refractivity contribution in [2.75, 3.05) is 5.75 Å². The highest BCUT2D eigenvalue weighted by molar-refractivity contribution is 7.99. The Balaban J connectivity index is 1.50. The van der Waals surface area contributed by atoms with Crippen LogP contribution >= 0.6 is 11.8 Å². The molecular weight excluding hydrogens is 270 g/mol. The van der Waals surface area contributed by atoms with Gasteiger partial charge in [-0.25, -0.2) is 4.98 Å². The highest BCUT2D eigenvalue weighted by atomic mass is 32.2. The summed E-state index contributed by atoms with van der Waals surface area (Å²) in [7, 11) is 1.93. The molecule has 0 saturated heterocycles. The maximum Gasteiger partial charge on any atom is 0.230 e. The number of nitrogens with one attached hydrogen (secondary N) is 1. The normalized spacial score (nSPS) is 14.2. The first kappa shape index (κ1) is 13.2. The summed E-state index contributed by atoms with van der Waals surface area (Å²) < 4.78 is 1.92. The Morgan fingerprint density at radius 1 is 1.40 bits per heavy atom. The van der Waals surface area contributed by atoms with Gasteiger partial charge in [0.25, 0.3) is 0 Å². The zero-order valence-electron chi connectivity index (χ0n) is 11.4. The molecular formula is C15H17N3OS. The lowest BCUT2D eigenvalue weighted by Crippen LogP contribution is -2.36. The molecule has 3 rings (SSSR count). The Morgan fingerprint density at radius 2 is 2.10 bits per heavy atom. The Labute approximate surface area is 122 Å². The van der Waals surface area contributed by atoms with Crippen molar-refractivity contribution < 1.29 is 4.79 Å². The summed E-state index contributed by atoms with van der Waals surface area (Å²) in [6.07, 6.45) is 5.51. The minimum Gasteiger partial charge on any atom is -0.352 e. The minimum atomic E-state index is 0.0795. The Hall–Kier alpha value is -1.75. The second kappa shape index (κ2) is 5.71. The van der Waals surface area contributed by atoms with Gasteiger partial charge in [0.05, 0.1) is 5.75 Å². The van der Waals surface area contributed by atoms with Crippen LogP contribution in [-0.2, 0) is 24.7 Å². The number of aryl methyl sites for hydroxylation is 1. The zero-order valence-corrected chi connectivity index (χ0v) is 12.2. The quantitative estimate of drug-likeness (QED) is 0.872. The molecule has 0 bridgehead atoms. The van der Waals surface area contributed by atoms with E-state index in [9.17, 15) is 4.79 Å². The average Bonchev–Trinajstić information content (AvgIpc) is 3.01. The monoisotopic (exact) mass is 287 g/mol. The fourth-order valence-corrected chi connectivity index (χ4v) is 3.29. The van der Waals surface area contributed by atoms with E-state index in [0.717, 1.165) is 18.0 Å². The third-order valence-electron chi connectivity index (χ3n) is 3.53. The van der Waals surface area contributed by atoms with Gasteiger partial charge in [0, 0.05) is 25.5 Å². The summed E-state index contributed by atoms with van der Waals surface area (Å²) in [5.74, 6) is 0.494. The molecule has 0 aliphatic heterocycles. The molecule has 1 amide bonds. The largest absolute Gasteiger partial charge is 0.352 e. The van der Waals surface area contributed by atoms with E-state index < -0.39 is 0 Å². The number of fused-ring (bicyclic) bond motifs is 1. The van der Waals surface area contributed by atoms with Crippen molar-refractivity contribution in [2.24, 2.45) is 7.05 Å². The van der Waals surface area contributed by atoms with Crippen LogP contribution in [0.2, 0.25) is 0 Å². The van der Waals surface area contributed by atoms with E-state index in [-0.39, 0.29) is 11.9 Å². The average molecular weight is 287 g/mol. The minimum absolute atomic E-state index is 0.0795. The molecule has 1 aromatic carbocycles. The Morgan fingerprint density at radius 3 is 2.70 bits per heavy atom. The van der Waals surface area contributed by atoms with Crippen LogP contribution in [0.1, 0.15) is 11.1 Å². The van der Waals surface area contributed by atoms with Crippen LogP contribution in [0.5, 0.6) is 0 Å². The van der Waals surface area contributed by atoms with Crippen molar-refractivity contribution in [3.05, 3.63) is 47.8 Å². The second-order valence-corrected chi connectivity index (χ2v) is 5.99. The van der Waals surface area contributed by atoms with Gasteiger partial charge in [0.15, 0.2) is 5.16 Å². The molecule has 0 saturated carbocycles. The standard InChI is InChI=1S/C15H17N3OS/c1-18-7-6-16-15(18)20-10-14(19)17-13-8-11-4-2-3-5-12(11)9-13/h2-7,13H,8-10H2,1H3,(H,17,19). The molecule has 1 aliphatic rings. The molecule has 0 radical (unpaired) electrons. The number of thioether (sulfide) groups is 1. The predicted molar refractivity (Wildman–Crippen MR) is 79.7 cm³/mol. The highest BCUT2D eigenvalue weighted by Crippen LogP contribution is 2.22. The number of nitrogens with zero attached hydrogens (tertiary/aromatic N) is 2. The van der Waals surface area contributed by atoms with E-state index in [1.165, 1.54) is 22.9 Å². The van der Waals surface area contributed by atoms with E-state index in [1.807, 2.05) is 17.8 Å². The summed E-state index contributed by atoms with van der Waals surface area (Å²) in [5, 5.41) is 3.98. The Kier molecular flexibility index (Phi) is 3.78. The van der Waals surface area contributed by atoms with Crippen molar-refractivity contribution in [2.45, 2.75) is 24.0 Å². The number of benzene rings is 1. The molecule has 1 aliphatic carbocycles. The van der Waals surface area contributed by atoms with Crippen molar-refractivity contribution in [3.8, 4) is 0 Å². The second-order valence-electron chi connectivity index (χ2n) is 5.05. The summed E-state index contributed by atoms with van der Waals surface area (Å²) in [6.45, 7) is 0. The zero-order chi connectivity index (χ0) is 13.9. The summed E-state index contributed by atoms with van der Waals surface area (Å²) >= 11 is 1.47. The number of aromatic nitrogens is 2. The van der Waals surface area contributed by atoms with Gasteiger partial charge in [0.2, 0.25) is 5.91 Å². The van der Waals surface area contributed by atoms with E-state index in [1.54, 1.807) is 6.20 Å². The molecule has 1 N–H and O–H groups in total. The molecule has 104 valence electrons. The van der Waals surface area contributed by atoms with E-state index in [4.69, 9.17) is 0 Å². The van der Waals surface area contributed by atoms with Crippen molar-refractivity contribution in [1.82, 2.24) is 14.9 Å². The summed E-state index contributed by atoms with van der Waals surface area (Å²) in [5.41, 5.74) is 2.71. The molecule has 1 heterocycles. The molecule has 0 atom stereocenters. The third kappa shape index (κ3) is 2.88. The molecule has 5 heteroatoms. The first-order valence-electron chi connectivity index (χ1n) is 6.68. The number of amides is 1. The van der Waals surface area contributed by atoms with Gasteiger partial charge < -0.3 is 9.88 Å². The molecule has 0 fully saturated rings. The van der Waals surface area contributed by atoms with Crippen molar-refractivity contribution in [3.63, 3.8) is 0 Å². The molecule has 0 unspecified atom stereocenters. The number of carbonyl (C=O) groups excluding carboxylic acids is 1. The van der Waals surface area contributed by atoms with E-state index in [0.29, 0.717) is 5.75 Å². The van der Waals surface area contributed by atoms with Crippen LogP contribution in [0.3, 0.4) is 0 Å².